The van der Waals surface area contributed by atoms with Crippen molar-refractivity contribution in [2.75, 3.05) is 7.11 Å². The molecule has 0 amide bonds. The highest BCUT2D eigenvalue weighted by Gasteiger charge is 2.25. The number of allylic oxidation sites excluding steroid dienone is 2. The van der Waals surface area contributed by atoms with E-state index in [0.29, 0.717) is 5.92 Å². The summed E-state index contributed by atoms with van der Waals surface area (Å²) in [6.45, 7) is 4.23. The molecule has 2 unspecified atom stereocenters. The van der Waals surface area contributed by atoms with Crippen molar-refractivity contribution in [2.45, 2.75) is 26.4 Å². The summed E-state index contributed by atoms with van der Waals surface area (Å²) < 4.78 is 5.31. The minimum atomic E-state index is -0.0510. The van der Waals surface area contributed by atoms with Crippen LogP contribution in [0.1, 0.15) is 20.3 Å². The lowest BCUT2D eigenvalue weighted by Crippen LogP contribution is -2.26. The summed E-state index contributed by atoms with van der Waals surface area (Å²) in [7, 11) is 1.66. The number of rotatable bonds is 2. The van der Waals surface area contributed by atoms with E-state index in [1.165, 1.54) is 5.57 Å². The number of hydrogen-bond donors (Lipinski definition) is 0. The van der Waals surface area contributed by atoms with Crippen LogP contribution in [0.4, 0.5) is 0 Å². The van der Waals surface area contributed by atoms with Gasteiger partial charge < -0.3 is 4.74 Å². The van der Waals surface area contributed by atoms with E-state index in [1.54, 1.807) is 7.11 Å². The molecule has 70 valence electrons. The van der Waals surface area contributed by atoms with Crippen LogP contribution in [-0.4, -0.2) is 13.2 Å². The fourth-order valence-electron chi connectivity index (χ4n) is 1.78. The summed E-state index contributed by atoms with van der Waals surface area (Å²) in [6.07, 6.45) is 4.88. The molecule has 0 aromatic rings. The molecule has 1 rings (SSSR count). The topological polar surface area (TPSA) is 33.0 Å². The predicted octanol–water partition coefficient (Wildman–Crippen LogP) is 2.44. The van der Waals surface area contributed by atoms with Crippen LogP contribution < -0.4 is 0 Å². The fourth-order valence-corrected chi connectivity index (χ4v) is 1.78. The van der Waals surface area contributed by atoms with Crippen LogP contribution in [0.5, 0.6) is 0 Å². The smallest absolute Gasteiger partial charge is 0.0982 e. The molecule has 2 nitrogen and oxygen atoms in total. The second-order valence-corrected chi connectivity index (χ2v) is 3.27. The SMILES string of the molecule is CCC1=CC=C(C#N)C(OC)C1C. The molecule has 13 heavy (non-hydrogen) atoms. The van der Waals surface area contributed by atoms with Gasteiger partial charge in [-0.1, -0.05) is 25.5 Å². The molecule has 0 aromatic carbocycles. The van der Waals surface area contributed by atoms with E-state index in [4.69, 9.17) is 10.00 Å². The van der Waals surface area contributed by atoms with Gasteiger partial charge in [-0.2, -0.15) is 5.26 Å². The van der Waals surface area contributed by atoms with Gasteiger partial charge in [-0.05, 0) is 12.5 Å². The summed E-state index contributed by atoms with van der Waals surface area (Å²) in [4.78, 5) is 0. The van der Waals surface area contributed by atoms with Gasteiger partial charge in [0.1, 0.15) is 0 Å². The molecule has 1 aliphatic carbocycles. The number of nitrogens with zero attached hydrogens (tertiary/aromatic N) is 1. The summed E-state index contributed by atoms with van der Waals surface area (Å²) >= 11 is 0. The standard InChI is InChI=1S/C11H15NO/c1-4-9-5-6-10(7-12)11(13-3)8(9)2/h5-6,8,11H,4H2,1-3H3. The lowest BCUT2D eigenvalue weighted by molar-refractivity contribution is 0.101. The van der Waals surface area contributed by atoms with Crippen molar-refractivity contribution >= 4 is 0 Å². The van der Waals surface area contributed by atoms with Crippen LogP contribution in [0.2, 0.25) is 0 Å². The summed E-state index contributed by atoms with van der Waals surface area (Å²) in [5.41, 5.74) is 2.08. The molecule has 0 saturated carbocycles. The zero-order valence-corrected chi connectivity index (χ0v) is 8.37. The van der Waals surface area contributed by atoms with Gasteiger partial charge in [0.15, 0.2) is 0 Å². The van der Waals surface area contributed by atoms with Crippen molar-refractivity contribution in [1.82, 2.24) is 0 Å². The van der Waals surface area contributed by atoms with Gasteiger partial charge in [0.25, 0.3) is 0 Å². The first-order chi connectivity index (χ1) is 6.24. The molecular formula is C11H15NO. The Labute approximate surface area is 79.5 Å². The molecule has 0 N–H and O–H groups in total. The highest BCUT2D eigenvalue weighted by atomic mass is 16.5. The Balaban J connectivity index is 2.95. The average Bonchev–Trinajstić information content (AvgIpc) is 2.17. The van der Waals surface area contributed by atoms with Crippen molar-refractivity contribution in [3.8, 4) is 6.07 Å². The average molecular weight is 177 g/mol. The molecule has 0 saturated heterocycles. The first-order valence-corrected chi connectivity index (χ1v) is 4.58. The van der Waals surface area contributed by atoms with E-state index in [0.717, 1.165) is 12.0 Å². The quantitative estimate of drug-likeness (QED) is 0.649. The van der Waals surface area contributed by atoms with Crippen LogP contribution >= 0.6 is 0 Å². The van der Waals surface area contributed by atoms with Gasteiger partial charge in [-0.25, -0.2) is 0 Å². The molecule has 0 aliphatic heterocycles. The van der Waals surface area contributed by atoms with Gasteiger partial charge in [-0.15, -0.1) is 0 Å². The molecule has 1 aliphatic rings. The Hall–Kier alpha value is -1.07. The minimum absolute atomic E-state index is 0.0510. The van der Waals surface area contributed by atoms with Crippen LogP contribution in [0.15, 0.2) is 23.3 Å². The van der Waals surface area contributed by atoms with Crippen molar-refractivity contribution in [1.29, 1.82) is 5.26 Å². The molecule has 0 radical (unpaired) electrons. The molecular weight excluding hydrogens is 162 g/mol. The Morgan fingerprint density at radius 1 is 1.54 bits per heavy atom. The van der Waals surface area contributed by atoms with Gasteiger partial charge in [0, 0.05) is 13.0 Å². The fraction of sp³-hybridized carbons (Fsp3) is 0.545. The van der Waals surface area contributed by atoms with Crippen LogP contribution in [0.25, 0.3) is 0 Å². The largest absolute Gasteiger partial charge is 0.375 e. The van der Waals surface area contributed by atoms with Crippen molar-refractivity contribution in [2.24, 2.45) is 5.92 Å². The maximum atomic E-state index is 8.84. The highest BCUT2D eigenvalue weighted by molar-refractivity contribution is 5.38. The molecule has 2 atom stereocenters. The van der Waals surface area contributed by atoms with E-state index < -0.39 is 0 Å². The Kier molecular flexibility index (Phi) is 3.27. The maximum Gasteiger partial charge on any atom is 0.0982 e. The zero-order valence-electron chi connectivity index (χ0n) is 8.37. The first kappa shape index (κ1) is 10.0. The van der Waals surface area contributed by atoms with E-state index in [2.05, 4.69) is 19.9 Å². The molecule has 0 aromatic heterocycles. The number of nitriles is 1. The van der Waals surface area contributed by atoms with E-state index in [1.807, 2.05) is 12.2 Å². The second-order valence-electron chi connectivity index (χ2n) is 3.27. The zero-order chi connectivity index (χ0) is 9.84. The van der Waals surface area contributed by atoms with Crippen LogP contribution in [-0.2, 0) is 4.74 Å². The van der Waals surface area contributed by atoms with E-state index in [9.17, 15) is 0 Å². The van der Waals surface area contributed by atoms with Gasteiger partial charge in [0.2, 0.25) is 0 Å². The third-order valence-corrected chi connectivity index (χ3v) is 2.61. The summed E-state index contributed by atoms with van der Waals surface area (Å²) in [5.74, 6) is 0.328. The van der Waals surface area contributed by atoms with Crippen molar-refractivity contribution in [3.63, 3.8) is 0 Å². The predicted molar refractivity (Wildman–Crippen MR) is 52.0 cm³/mol. The van der Waals surface area contributed by atoms with Crippen molar-refractivity contribution in [3.05, 3.63) is 23.3 Å². The van der Waals surface area contributed by atoms with Gasteiger partial charge in [-0.3, -0.25) is 0 Å². The molecule has 0 spiro atoms. The Morgan fingerprint density at radius 2 is 2.23 bits per heavy atom. The summed E-state index contributed by atoms with van der Waals surface area (Å²) in [6, 6.07) is 2.17. The molecule has 0 fully saturated rings. The monoisotopic (exact) mass is 177 g/mol. The Morgan fingerprint density at radius 3 is 2.69 bits per heavy atom. The highest BCUT2D eigenvalue weighted by Crippen LogP contribution is 2.28. The van der Waals surface area contributed by atoms with Crippen LogP contribution in [0, 0.1) is 17.2 Å². The van der Waals surface area contributed by atoms with Gasteiger partial charge in [0.05, 0.1) is 17.7 Å². The van der Waals surface area contributed by atoms with Crippen LogP contribution in [0.3, 0.4) is 0 Å². The summed E-state index contributed by atoms with van der Waals surface area (Å²) in [5, 5.41) is 8.84. The number of methoxy groups -OCH3 is 1. The first-order valence-electron chi connectivity index (χ1n) is 4.58. The number of ether oxygens (including phenoxy) is 1. The minimum Gasteiger partial charge on any atom is -0.375 e. The van der Waals surface area contributed by atoms with E-state index >= 15 is 0 Å². The maximum absolute atomic E-state index is 8.84. The van der Waals surface area contributed by atoms with E-state index in [-0.39, 0.29) is 6.10 Å². The molecule has 0 bridgehead atoms. The number of hydrogen-bond acceptors (Lipinski definition) is 2. The molecule has 0 heterocycles. The van der Waals surface area contributed by atoms with Gasteiger partial charge >= 0.3 is 0 Å². The Bertz CT molecular complexity index is 283. The molecule has 2 heteroatoms. The lowest BCUT2D eigenvalue weighted by Gasteiger charge is -2.26. The lowest BCUT2D eigenvalue weighted by atomic mass is 9.85. The third-order valence-electron chi connectivity index (χ3n) is 2.61. The third kappa shape index (κ3) is 1.81. The van der Waals surface area contributed by atoms with Crippen molar-refractivity contribution < 1.29 is 4.74 Å². The second kappa shape index (κ2) is 4.25. The normalized spacial score (nSPS) is 27.5.